The van der Waals surface area contributed by atoms with E-state index < -0.39 is 18.2 Å². The van der Waals surface area contributed by atoms with E-state index in [9.17, 15) is 14.4 Å². The molecule has 4 rings (SSSR count). The van der Waals surface area contributed by atoms with E-state index in [1.54, 1.807) is 7.05 Å². The van der Waals surface area contributed by atoms with Crippen molar-refractivity contribution < 1.29 is 19.1 Å². The third-order valence-electron chi connectivity index (χ3n) is 5.84. The molecule has 31 heavy (non-hydrogen) atoms. The van der Waals surface area contributed by atoms with Crippen molar-refractivity contribution in [2.45, 2.75) is 18.8 Å². The Labute approximate surface area is 188 Å². The lowest BCUT2D eigenvalue weighted by Gasteiger charge is -2.40. The Morgan fingerprint density at radius 1 is 1.19 bits per heavy atom. The van der Waals surface area contributed by atoms with Gasteiger partial charge in [0.1, 0.15) is 0 Å². The number of aliphatic imine (C=N–C) groups is 1. The summed E-state index contributed by atoms with van der Waals surface area (Å²) in [4.78, 5) is 48.9. The van der Waals surface area contributed by atoms with E-state index in [1.807, 2.05) is 34.1 Å². The van der Waals surface area contributed by atoms with Gasteiger partial charge in [0.2, 0.25) is 0 Å². The van der Waals surface area contributed by atoms with E-state index in [-0.39, 0.29) is 18.4 Å². The van der Waals surface area contributed by atoms with Crippen LogP contribution in [0, 0.1) is 0 Å². The van der Waals surface area contributed by atoms with Crippen LogP contribution in [0.1, 0.15) is 5.56 Å². The molecule has 0 aromatic heterocycles. The molecule has 3 heterocycles. The second-order valence-electron chi connectivity index (χ2n) is 7.79. The van der Waals surface area contributed by atoms with E-state index in [0.29, 0.717) is 38.7 Å². The van der Waals surface area contributed by atoms with E-state index in [1.165, 1.54) is 12.0 Å². The number of rotatable bonds is 4. The van der Waals surface area contributed by atoms with Gasteiger partial charge < -0.3 is 19.4 Å². The van der Waals surface area contributed by atoms with Gasteiger partial charge in [0.05, 0.1) is 13.7 Å². The number of imide groups is 1. The minimum Gasteiger partial charge on any atom is -0.468 e. The second kappa shape index (κ2) is 8.83. The number of piperazine rings is 1. The first-order valence-corrected chi connectivity index (χ1v) is 10.9. The summed E-state index contributed by atoms with van der Waals surface area (Å²) in [6.07, 6.45) is -0.570. The van der Waals surface area contributed by atoms with Crippen molar-refractivity contribution >= 4 is 39.8 Å². The lowest BCUT2D eigenvalue weighted by Crippen LogP contribution is -2.64. The Hall–Kier alpha value is -2.66. The molecule has 2 fully saturated rings. The molecule has 166 valence electrons. The van der Waals surface area contributed by atoms with Crippen molar-refractivity contribution in [2.75, 3.05) is 46.9 Å². The number of benzene rings is 1. The Kier molecular flexibility index (Phi) is 6.15. The molecular weight excluding hydrogens is 468 g/mol. The van der Waals surface area contributed by atoms with Crippen LogP contribution in [0.3, 0.4) is 0 Å². The highest BCUT2D eigenvalue weighted by atomic mass is 79.9. The Morgan fingerprint density at radius 3 is 2.52 bits per heavy atom. The topological polar surface area (TPSA) is 97.8 Å². The molecule has 0 aliphatic carbocycles. The SMILES string of the molecule is COC(=O)CN1CCN(C2=NC3C(C(=O)NC(=O)N3C)N2Cc2ccc(Br)cc2)CC1. The van der Waals surface area contributed by atoms with Gasteiger partial charge >= 0.3 is 12.0 Å². The van der Waals surface area contributed by atoms with Crippen LogP contribution in [0.25, 0.3) is 0 Å². The largest absolute Gasteiger partial charge is 0.468 e. The number of methoxy groups -OCH3 is 1. The van der Waals surface area contributed by atoms with E-state index >= 15 is 0 Å². The van der Waals surface area contributed by atoms with Gasteiger partial charge in [-0.15, -0.1) is 0 Å². The van der Waals surface area contributed by atoms with Crippen LogP contribution in [-0.2, 0) is 20.9 Å². The zero-order valence-electron chi connectivity index (χ0n) is 17.5. The predicted octanol–water partition coefficient (Wildman–Crippen LogP) is 0.288. The molecule has 1 aromatic carbocycles. The number of urea groups is 1. The number of nitrogens with one attached hydrogen (secondary N) is 1. The highest BCUT2D eigenvalue weighted by Gasteiger charge is 2.49. The molecule has 2 saturated heterocycles. The van der Waals surface area contributed by atoms with Crippen molar-refractivity contribution in [1.82, 2.24) is 24.9 Å². The lowest BCUT2D eigenvalue weighted by atomic mass is 10.1. The van der Waals surface area contributed by atoms with Gasteiger partial charge in [-0.2, -0.15) is 0 Å². The maximum absolute atomic E-state index is 12.8. The molecule has 1 N–H and O–H groups in total. The number of esters is 1. The molecule has 0 saturated carbocycles. The number of guanidine groups is 1. The summed E-state index contributed by atoms with van der Waals surface area (Å²) >= 11 is 3.45. The van der Waals surface area contributed by atoms with Crippen molar-refractivity contribution in [3.05, 3.63) is 34.3 Å². The second-order valence-corrected chi connectivity index (χ2v) is 8.70. The number of likely N-dealkylation sites (N-methyl/N-ethyl adjacent to an activating group) is 1. The number of fused-ring (bicyclic) bond motifs is 1. The third-order valence-corrected chi connectivity index (χ3v) is 6.37. The molecule has 10 nitrogen and oxygen atoms in total. The summed E-state index contributed by atoms with van der Waals surface area (Å²) < 4.78 is 5.74. The average Bonchev–Trinajstić information content (AvgIpc) is 3.14. The van der Waals surface area contributed by atoms with Crippen LogP contribution in [0.4, 0.5) is 4.79 Å². The van der Waals surface area contributed by atoms with Crippen molar-refractivity contribution in [1.29, 1.82) is 0 Å². The quantitative estimate of drug-likeness (QED) is 0.603. The molecule has 3 aliphatic heterocycles. The lowest BCUT2D eigenvalue weighted by molar-refractivity contribution is -0.142. The first kappa shape index (κ1) is 21.6. The smallest absolute Gasteiger partial charge is 0.325 e. The van der Waals surface area contributed by atoms with Crippen molar-refractivity contribution in [2.24, 2.45) is 4.99 Å². The maximum atomic E-state index is 12.8. The maximum Gasteiger partial charge on any atom is 0.325 e. The molecule has 1 aromatic rings. The van der Waals surface area contributed by atoms with Gasteiger partial charge in [0.15, 0.2) is 18.2 Å². The summed E-state index contributed by atoms with van der Waals surface area (Å²) in [5.74, 6) is 0.104. The molecule has 11 heteroatoms. The molecule has 0 bridgehead atoms. The van der Waals surface area contributed by atoms with Crippen molar-refractivity contribution in [3.63, 3.8) is 0 Å². The normalized spacial score (nSPS) is 24.1. The van der Waals surface area contributed by atoms with Gasteiger partial charge in [-0.25, -0.2) is 9.79 Å². The first-order chi connectivity index (χ1) is 14.9. The van der Waals surface area contributed by atoms with Crippen LogP contribution in [-0.4, -0.2) is 103 Å². The van der Waals surface area contributed by atoms with Crippen LogP contribution in [0.5, 0.6) is 0 Å². The fraction of sp³-hybridized carbons (Fsp3) is 0.500. The predicted molar refractivity (Wildman–Crippen MR) is 116 cm³/mol. The van der Waals surface area contributed by atoms with Crippen LogP contribution >= 0.6 is 15.9 Å². The highest BCUT2D eigenvalue weighted by Crippen LogP contribution is 2.28. The summed E-state index contributed by atoms with van der Waals surface area (Å²) in [6.45, 7) is 3.42. The molecule has 0 radical (unpaired) electrons. The number of halogens is 1. The van der Waals surface area contributed by atoms with E-state index in [4.69, 9.17) is 9.73 Å². The molecule has 3 aliphatic rings. The first-order valence-electron chi connectivity index (χ1n) is 10.1. The molecule has 0 spiro atoms. The summed E-state index contributed by atoms with van der Waals surface area (Å²) in [5.41, 5.74) is 1.04. The van der Waals surface area contributed by atoms with Crippen molar-refractivity contribution in [3.8, 4) is 0 Å². The monoisotopic (exact) mass is 492 g/mol. The van der Waals surface area contributed by atoms with Gasteiger partial charge in [-0.1, -0.05) is 28.1 Å². The Morgan fingerprint density at radius 2 is 1.87 bits per heavy atom. The molecular formula is C20H25BrN6O4. The van der Waals surface area contributed by atoms with Gasteiger partial charge in [0.25, 0.3) is 5.91 Å². The van der Waals surface area contributed by atoms with Gasteiger partial charge in [-0.3, -0.25) is 19.8 Å². The Bertz CT molecular complexity index is 899. The van der Waals surface area contributed by atoms with Crippen LogP contribution in [0.2, 0.25) is 0 Å². The number of nitrogens with zero attached hydrogens (tertiary/aromatic N) is 5. The number of carbonyl (C=O) groups excluding carboxylic acids is 3. The summed E-state index contributed by atoms with van der Waals surface area (Å²) in [5, 5.41) is 2.43. The van der Waals surface area contributed by atoms with Crippen LogP contribution < -0.4 is 5.32 Å². The fourth-order valence-corrected chi connectivity index (χ4v) is 4.35. The third kappa shape index (κ3) is 4.38. The molecule has 2 atom stereocenters. The highest BCUT2D eigenvalue weighted by molar-refractivity contribution is 9.10. The summed E-state index contributed by atoms with van der Waals surface area (Å²) in [7, 11) is 3.04. The zero-order valence-corrected chi connectivity index (χ0v) is 19.0. The number of hydrogen-bond acceptors (Lipinski definition) is 8. The standard InChI is InChI=1S/C20H25BrN6O4/c1-24-17-16(18(29)23-20(24)30)27(11-13-3-5-14(21)6-4-13)19(22-17)26-9-7-25(8-10-26)12-15(28)31-2/h3-6,16-17H,7-12H2,1-2H3,(H,23,29,30). The van der Waals surface area contributed by atoms with Gasteiger partial charge in [0, 0.05) is 44.2 Å². The zero-order chi connectivity index (χ0) is 22.1. The molecule has 3 amide bonds. The number of hydrogen-bond donors (Lipinski definition) is 1. The van der Waals surface area contributed by atoms with Gasteiger partial charge in [-0.05, 0) is 17.7 Å². The van der Waals surface area contributed by atoms with E-state index in [0.717, 1.165) is 10.0 Å². The summed E-state index contributed by atoms with van der Waals surface area (Å²) in [6, 6.07) is 6.89. The average molecular weight is 493 g/mol. The minimum absolute atomic E-state index is 0.254. The number of amides is 3. The minimum atomic E-state index is -0.588. The van der Waals surface area contributed by atoms with E-state index in [2.05, 4.69) is 26.1 Å². The van der Waals surface area contributed by atoms with Crippen LogP contribution in [0.15, 0.2) is 33.7 Å². The number of ether oxygens (including phenoxy) is 1. The Balaban J connectivity index is 1.56. The fourth-order valence-electron chi connectivity index (χ4n) is 4.08. The number of carbonyl (C=O) groups is 3. The molecule has 2 unspecified atom stereocenters.